The van der Waals surface area contributed by atoms with E-state index in [4.69, 9.17) is 20.4 Å². The average Bonchev–Trinajstić information content (AvgIpc) is 1.84. The fraction of sp³-hybridized carbons (Fsp3) is 0.500. The summed E-state index contributed by atoms with van der Waals surface area (Å²) < 4.78 is 0. The third-order valence-corrected chi connectivity index (χ3v) is 0.805. The van der Waals surface area contributed by atoms with Gasteiger partial charge >= 0.3 is 46.1 Å². The molecule has 2 unspecified atom stereocenters. The van der Waals surface area contributed by atoms with E-state index in [0.717, 1.165) is 0 Å². The zero-order valence-corrected chi connectivity index (χ0v) is 9.96. The van der Waals surface area contributed by atoms with Gasteiger partial charge in [-0.2, -0.15) is 0 Å². The first kappa shape index (κ1) is 17.8. The summed E-state index contributed by atoms with van der Waals surface area (Å²) in [6, 6.07) is 0. The SMILES string of the molecule is O=C(O)C(O)C(O)C(=O)O.[SeH2].[SeH2]. The summed E-state index contributed by atoms with van der Waals surface area (Å²) in [5.41, 5.74) is 0. The van der Waals surface area contributed by atoms with Crippen LogP contribution < -0.4 is 0 Å². The van der Waals surface area contributed by atoms with E-state index >= 15 is 0 Å². The number of aliphatic hydroxyl groups excluding tert-OH is 2. The van der Waals surface area contributed by atoms with Crippen LogP contribution in [0.2, 0.25) is 0 Å². The Kier molecular flexibility index (Phi) is 11.2. The van der Waals surface area contributed by atoms with E-state index in [0.29, 0.717) is 0 Å². The molecule has 0 aromatic heterocycles. The molecule has 0 amide bonds. The van der Waals surface area contributed by atoms with Crippen molar-refractivity contribution in [3.63, 3.8) is 0 Å². The summed E-state index contributed by atoms with van der Waals surface area (Å²) in [7, 11) is 0. The van der Waals surface area contributed by atoms with Crippen molar-refractivity contribution in [2.75, 3.05) is 0 Å². The van der Waals surface area contributed by atoms with Gasteiger partial charge < -0.3 is 20.4 Å². The monoisotopic (exact) mass is 314 g/mol. The van der Waals surface area contributed by atoms with E-state index < -0.39 is 24.1 Å². The van der Waals surface area contributed by atoms with Crippen LogP contribution in [0, 0.1) is 0 Å². The molecule has 12 heavy (non-hydrogen) atoms. The molecule has 0 aliphatic heterocycles. The molecule has 0 spiro atoms. The Morgan fingerprint density at radius 2 is 1.00 bits per heavy atom. The Bertz CT molecular complexity index is 142. The summed E-state index contributed by atoms with van der Waals surface area (Å²) in [4.78, 5) is 19.5. The van der Waals surface area contributed by atoms with Gasteiger partial charge in [-0.15, -0.1) is 0 Å². The number of hydrogen-bond donors (Lipinski definition) is 4. The molecular formula is C4H10O6Se2. The second-order valence-electron chi connectivity index (χ2n) is 1.57. The quantitative estimate of drug-likeness (QED) is 0.395. The predicted octanol–water partition coefficient (Wildman–Crippen LogP) is -3.95. The van der Waals surface area contributed by atoms with Crippen molar-refractivity contribution in [1.82, 2.24) is 0 Å². The van der Waals surface area contributed by atoms with Crippen LogP contribution in [0.4, 0.5) is 0 Å². The number of aliphatic carboxylic acids is 2. The molecule has 0 saturated carbocycles. The van der Waals surface area contributed by atoms with E-state index in [1.807, 2.05) is 0 Å². The fourth-order valence-electron chi connectivity index (χ4n) is 0.270. The van der Waals surface area contributed by atoms with Gasteiger partial charge in [0, 0.05) is 0 Å². The predicted molar refractivity (Wildman–Crippen MR) is 44.4 cm³/mol. The van der Waals surface area contributed by atoms with Gasteiger partial charge in [0.25, 0.3) is 0 Å². The molecule has 0 bridgehead atoms. The van der Waals surface area contributed by atoms with E-state index in [2.05, 4.69) is 0 Å². The normalized spacial score (nSPS) is 13.2. The molecule has 74 valence electrons. The van der Waals surface area contributed by atoms with Gasteiger partial charge in [-0.05, 0) is 0 Å². The third kappa shape index (κ3) is 5.54. The van der Waals surface area contributed by atoms with Crippen molar-refractivity contribution in [3.05, 3.63) is 0 Å². The first-order valence-corrected chi connectivity index (χ1v) is 2.28. The van der Waals surface area contributed by atoms with Crippen LogP contribution in [0.25, 0.3) is 0 Å². The van der Waals surface area contributed by atoms with Crippen LogP contribution in [0.5, 0.6) is 0 Å². The van der Waals surface area contributed by atoms with Crippen LogP contribution in [0.1, 0.15) is 0 Å². The molecule has 0 aliphatic rings. The molecule has 0 heterocycles. The zero-order valence-electron chi connectivity index (χ0n) is 5.76. The average molecular weight is 312 g/mol. The molecule has 0 fully saturated rings. The molecule has 8 heteroatoms. The van der Waals surface area contributed by atoms with Crippen molar-refractivity contribution in [3.8, 4) is 0 Å². The van der Waals surface area contributed by atoms with Gasteiger partial charge in [-0.1, -0.05) is 0 Å². The number of carbonyl (C=O) groups is 2. The first-order valence-electron chi connectivity index (χ1n) is 2.28. The molecule has 6 nitrogen and oxygen atoms in total. The van der Waals surface area contributed by atoms with Gasteiger partial charge in [-0.25, -0.2) is 9.59 Å². The molecular weight excluding hydrogens is 302 g/mol. The number of hydrogen-bond acceptors (Lipinski definition) is 4. The van der Waals surface area contributed by atoms with Gasteiger partial charge in [0.05, 0.1) is 0 Å². The molecule has 0 aromatic rings. The standard InChI is InChI=1S/C4H6O6.2H2Se/c5-1(3(7)8)2(6)4(9)10;;/h1-2,5-6H,(H,7,8)(H,9,10);2*1H2. The first-order chi connectivity index (χ1) is 4.46. The summed E-state index contributed by atoms with van der Waals surface area (Å²) >= 11 is 0. The third-order valence-electron chi connectivity index (χ3n) is 0.805. The van der Waals surface area contributed by atoms with Crippen LogP contribution in [-0.2, 0) is 9.59 Å². The second-order valence-corrected chi connectivity index (χ2v) is 1.57. The maximum atomic E-state index is 9.77. The van der Waals surface area contributed by atoms with Crippen molar-refractivity contribution >= 4 is 46.1 Å². The van der Waals surface area contributed by atoms with Crippen molar-refractivity contribution in [2.24, 2.45) is 0 Å². The number of aliphatic hydroxyl groups is 2. The molecule has 0 aliphatic carbocycles. The van der Waals surface area contributed by atoms with E-state index in [-0.39, 0.29) is 34.1 Å². The van der Waals surface area contributed by atoms with Crippen molar-refractivity contribution in [1.29, 1.82) is 0 Å². The van der Waals surface area contributed by atoms with E-state index in [1.54, 1.807) is 0 Å². The van der Waals surface area contributed by atoms with Crippen molar-refractivity contribution < 1.29 is 30.0 Å². The Hall–Kier alpha value is -0.101. The minimum atomic E-state index is -2.27. The molecule has 0 aromatic carbocycles. The van der Waals surface area contributed by atoms with E-state index in [9.17, 15) is 9.59 Å². The number of carboxylic acids is 2. The summed E-state index contributed by atoms with van der Waals surface area (Å²) in [6.45, 7) is 0. The number of rotatable bonds is 3. The van der Waals surface area contributed by atoms with Crippen LogP contribution in [-0.4, -0.2) is 78.7 Å². The van der Waals surface area contributed by atoms with Gasteiger partial charge in [0.1, 0.15) is 0 Å². The molecule has 0 radical (unpaired) electrons. The molecule has 0 saturated heterocycles. The Balaban J connectivity index is -0.000000405. The van der Waals surface area contributed by atoms with Crippen LogP contribution in [0.3, 0.4) is 0 Å². The van der Waals surface area contributed by atoms with Gasteiger partial charge in [-0.3, -0.25) is 0 Å². The van der Waals surface area contributed by atoms with Crippen LogP contribution >= 0.6 is 0 Å². The van der Waals surface area contributed by atoms with E-state index in [1.165, 1.54) is 0 Å². The summed E-state index contributed by atoms with van der Waals surface area (Å²) in [5, 5.41) is 32.5. The number of carboxylic acid groups (broad SMARTS) is 2. The Labute approximate surface area is 88.5 Å². The maximum absolute atomic E-state index is 9.77. The summed E-state index contributed by atoms with van der Waals surface area (Å²) in [5.74, 6) is -3.54. The molecule has 4 N–H and O–H groups in total. The zero-order chi connectivity index (χ0) is 8.31. The minimum absolute atomic E-state index is 0. The Morgan fingerprint density at radius 1 is 0.833 bits per heavy atom. The van der Waals surface area contributed by atoms with Gasteiger partial charge in [0.15, 0.2) is 12.2 Å². The molecule has 0 rings (SSSR count). The second kappa shape index (κ2) is 7.54. The van der Waals surface area contributed by atoms with Crippen LogP contribution in [0.15, 0.2) is 0 Å². The van der Waals surface area contributed by atoms with Crippen molar-refractivity contribution in [2.45, 2.75) is 12.2 Å². The van der Waals surface area contributed by atoms with Gasteiger partial charge in [0.2, 0.25) is 0 Å². The molecule has 2 atom stereocenters. The fourth-order valence-corrected chi connectivity index (χ4v) is 0.270. The topological polar surface area (TPSA) is 115 Å². The summed E-state index contributed by atoms with van der Waals surface area (Å²) in [6.07, 6.45) is -4.53. The Morgan fingerprint density at radius 3 is 1.08 bits per heavy atom.